The molecule has 122 valence electrons. The second-order valence-corrected chi connectivity index (χ2v) is 5.65. The van der Waals surface area contributed by atoms with Crippen LogP contribution in [0.25, 0.3) is 17.3 Å². The monoisotopic (exact) mass is 327 g/mol. The zero-order valence-electron chi connectivity index (χ0n) is 13.8. The van der Waals surface area contributed by atoms with Gasteiger partial charge in [0.25, 0.3) is 0 Å². The second-order valence-electron chi connectivity index (χ2n) is 5.65. The summed E-state index contributed by atoms with van der Waals surface area (Å²) in [6.45, 7) is 0. The molecule has 0 amide bonds. The topological polar surface area (TPSA) is 46.5 Å². The minimum Gasteiger partial charge on any atom is -0.497 e. The van der Waals surface area contributed by atoms with Gasteiger partial charge in [0.2, 0.25) is 0 Å². The third-order valence-corrected chi connectivity index (χ3v) is 4.02. The lowest BCUT2D eigenvalue weighted by Gasteiger charge is -2.07. The van der Waals surface area contributed by atoms with E-state index in [2.05, 4.69) is 10.3 Å². The molecule has 0 aliphatic carbocycles. The highest BCUT2D eigenvalue weighted by molar-refractivity contribution is 6.11. The number of rotatable bonds is 3. The summed E-state index contributed by atoms with van der Waals surface area (Å²) in [5, 5.41) is 3.38. The molecule has 2 aromatic carbocycles. The summed E-state index contributed by atoms with van der Waals surface area (Å²) >= 11 is 0. The van der Waals surface area contributed by atoms with Crippen molar-refractivity contribution in [1.82, 2.24) is 4.98 Å². The number of aromatic nitrogens is 1. The molecule has 0 atom stereocenters. The molecule has 25 heavy (non-hydrogen) atoms. The quantitative estimate of drug-likeness (QED) is 0.742. The van der Waals surface area contributed by atoms with Crippen molar-refractivity contribution >= 4 is 23.3 Å². The molecule has 0 radical (unpaired) electrons. The van der Waals surface area contributed by atoms with Crippen LogP contribution in [0, 0.1) is 0 Å². The van der Waals surface area contributed by atoms with Crippen molar-refractivity contribution in [3.05, 3.63) is 78.5 Å². The minimum atomic E-state index is 0.773. The van der Waals surface area contributed by atoms with Gasteiger partial charge in [-0.15, -0.1) is 0 Å². The Morgan fingerprint density at radius 1 is 0.920 bits per heavy atom. The van der Waals surface area contributed by atoms with E-state index in [0.29, 0.717) is 0 Å². The molecule has 2 heterocycles. The van der Waals surface area contributed by atoms with Gasteiger partial charge in [-0.1, -0.05) is 36.4 Å². The molecule has 0 fully saturated rings. The summed E-state index contributed by atoms with van der Waals surface area (Å²) in [5.41, 5.74) is 4.87. The number of fused-ring (bicyclic) bond motifs is 3. The molecule has 0 bridgehead atoms. The van der Waals surface area contributed by atoms with Crippen LogP contribution in [0.1, 0.15) is 5.56 Å². The van der Waals surface area contributed by atoms with Crippen LogP contribution in [0.15, 0.2) is 77.9 Å². The number of anilines is 1. The zero-order chi connectivity index (χ0) is 17.1. The van der Waals surface area contributed by atoms with Crippen LogP contribution < -0.4 is 10.1 Å². The summed E-state index contributed by atoms with van der Waals surface area (Å²) in [6, 6.07) is 19.9. The van der Waals surface area contributed by atoms with Crippen molar-refractivity contribution in [3.63, 3.8) is 0 Å². The molecule has 1 N–H and O–H groups in total. The van der Waals surface area contributed by atoms with Gasteiger partial charge in [0.1, 0.15) is 11.6 Å². The van der Waals surface area contributed by atoms with Crippen molar-refractivity contribution in [1.29, 1.82) is 0 Å². The average Bonchev–Trinajstić information content (AvgIpc) is 2.83. The number of hydrogen-bond acceptors (Lipinski definition) is 4. The van der Waals surface area contributed by atoms with E-state index in [0.717, 1.165) is 39.8 Å². The lowest BCUT2D eigenvalue weighted by atomic mass is 10.1. The Balaban J connectivity index is 1.71. The van der Waals surface area contributed by atoms with Crippen molar-refractivity contribution in [2.75, 3.05) is 12.4 Å². The molecular weight excluding hydrogens is 310 g/mol. The first-order valence-corrected chi connectivity index (χ1v) is 8.06. The fraction of sp³-hybridized carbons (Fsp3) is 0.0476. The molecule has 1 aliphatic heterocycles. The van der Waals surface area contributed by atoms with Crippen LogP contribution in [-0.2, 0) is 0 Å². The number of amidine groups is 1. The molecule has 4 heteroatoms. The second kappa shape index (κ2) is 6.61. The van der Waals surface area contributed by atoms with Crippen LogP contribution in [-0.4, -0.2) is 17.9 Å². The molecular formula is C21H17N3O. The Kier molecular flexibility index (Phi) is 4.01. The van der Waals surface area contributed by atoms with Crippen molar-refractivity contribution in [2.45, 2.75) is 0 Å². The van der Waals surface area contributed by atoms with Crippen molar-refractivity contribution in [2.24, 2.45) is 4.99 Å². The third kappa shape index (κ3) is 3.15. The number of ether oxygens (including phenoxy) is 1. The van der Waals surface area contributed by atoms with Gasteiger partial charge in [0.15, 0.2) is 0 Å². The molecule has 1 aliphatic rings. The fourth-order valence-electron chi connectivity index (χ4n) is 2.76. The zero-order valence-corrected chi connectivity index (χ0v) is 13.8. The van der Waals surface area contributed by atoms with Crippen LogP contribution in [0.2, 0.25) is 0 Å². The first-order valence-electron chi connectivity index (χ1n) is 8.06. The Morgan fingerprint density at radius 3 is 2.60 bits per heavy atom. The highest BCUT2D eigenvalue weighted by Gasteiger charge is 2.15. The third-order valence-electron chi connectivity index (χ3n) is 4.02. The normalized spacial score (nSPS) is 12.6. The van der Waals surface area contributed by atoms with Gasteiger partial charge in [0.05, 0.1) is 24.2 Å². The number of methoxy groups -OCH3 is 1. The predicted molar refractivity (Wildman–Crippen MR) is 102 cm³/mol. The van der Waals surface area contributed by atoms with Crippen LogP contribution in [0.3, 0.4) is 0 Å². The molecule has 0 saturated carbocycles. The number of nitrogens with zero attached hydrogens (tertiary/aromatic N) is 2. The maximum absolute atomic E-state index is 5.19. The molecule has 3 aromatic rings. The Bertz CT molecular complexity index is 959. The largest absolute Gasteiger partial charge is 0.497 e. The van der Waals surface area contributed by atoms with Gasteiger partial charge in [-0.05, 0) is 42.0 Å². The van der Waals surface area contributed by atoms with Crippen LogP contribution in [0.5, 0.6) is 5.75 Å². The molecule has 1 aromatic heterocycles. The maximum Gasteiger partial charge on any atom is 0.131 e. The minimum absolute atomic E-state index is 0.773. The number of benzene rings is 2. The van der Waals surface area contributed by atoms with E-state index in [1.54, 1.807) is 13.3 Å². The molecule has 0 spiro atoms. The number of pyridine rings is 1. The van der Waals surface area contributed by atoms with E-state index in [1.165, 1.54) is 0 Å². The average molecular weight is 327 g/mol. The van der Waals surface area contributed by atoms with Gasteiger partial charge in [-0.2, -0.15) is 0 Å². The Hall–Kier alpha value is -3.40. The molecule has 4 rings (SSSR count). The highest BCUT2D eigenvalue weighted by atomic mass is 16.5. The van der Waals surface area contributed by atoms with Gasteiger partial charge in [0, 0.05) is 11.8 Å². The fourth-order valence-corrected chi connectivity index (χ4v) is 2.76. The van der Waals surface area contributed by atoms with Gasteiger partial charge < -0.3 is 10.1 Å². The van der Waals surface area contributed by atoms with Gasteiger partial charge in [-0.3, -0.25) is 4.98 Å². The van der Waals surface area contributed by atoms with E-state index in [4.69, 9.17) is 9.73 Å². The number of para-hydroxylation sites is 1. The van der Waals surface area contributed by atoms with Gasteiger partial charge in [-0.25, -0.2) is 4.99 Å². The lowest BCUT2D eigenvalue weighted by molar-refractivity contribution is 0.415. The van der Waals surface area contributed by atoms with E-state index in [9.17, 15) is 0 Å². The van der Waals surface area contributed by atoms with E-state index < -0.39 is 0 Å². The lowest BCUT2D eigenvalue weighted by Crippen LogP contribution is -2.08. The molecule has 0 unspecified atom stereocenters. The van der Waals surface area contributed by atoms with Crippen LogP contribution in [0.4, 0.5) is 11.4 Å². The van der Waals surface area contributed by atoms with Gasteiger partial charge >= 0.3 is 0 Å². The maximum atomic E-state index is 5.19. The predicted octanol–water partition coefficient (Wildman–Crippen LogP) is 4.93. The van der Waals surface area contributed by atoms with Crippen LogP contribution >= 0.6 is 0 Å². The number of nitrogens with one attached hydrogen (secondary N) is 1. The van der Waals surface area contributed by atoms with Crippen molar-refractivity contribution < 1.29 is 4.74 Å². The first kappa shape index (κ1) is 15.1. The summed E-state index contributed by atoms with van der Waals surface area (Å²) in [6.07, 6.45) is 5.80. The summed E-state index contributed by atoms with van der Waals surface area (Å²) in [5.74, 6) is 1.62. The van der Waals surface area contributed by atoms with E-state index >= 15 is 0 Å². The summed E-state index contributed by atoms with van der Waals surface area (Å²) in [7, 11) is 1.66. The molecule has 0 saturated heterocycles. The van der Waals surface area contributed by atoms with Crippen molar-refractivity contribution in [3.8, 4) is 17.0 Å². The Labute approximate surface area is 146 Å². The summed E-state index contributed by atoms with van der Waals surface area (Å²) in [4.78, 5) is 9.28. The SMILES string of the molecule is COc1ccc(/C=C/C2=Nc3ccccc3-c3ncccc3N2)cc1. The number of aliphatic imine (C=N–C) groups is 1. The van der Waals surface area contributed by atoms with E-state index in [-0.39, 0.29) is 0 Å². The summed E-state index contributed by atoms with van der Waals surface area (Å²) < 4.78 is 5.19. The van der Waals surface area contributed by atoms with E-state index in [1.807, 2.05) is 72.8 Å². The number of hydrogen-bond donors (Lipinski definition) is 1. The standard InChI is InChI=1S/C21H17N3O/c1-25-16-11-8-15(9-12-16)10-13-20-23-18-6-3-2-5-17(18)21-19(24-20)7-4-14-22-21/h2-14H,1H3,(H,23,24)/b13-10+. The Morgan fingerprint density at radius 2 is 1.76 bits per heavy atom. The molecule has 4 nitrogen and oxygen atoms in total. The smallest absolute Gasteiger partial charge is 0.131 e. The first-order chi connectivity index (χ1) is 12.3. The highest BCUT2D eigenvalue weighted by Crippen LogP contribution is 2.35.